The summed E-state index contributed by atoms with van der Waals surface area (Å²) >= 11 is 5.71. The largest absolute Gasteiger partial charge is 0.350 e. The third kappa shape index (κ3) is 5.14. The first-order chi connectivity index (χ1) is 13.5. The Hall–Kier alpha value is -3.25. The summed E-state index contributed by atoms with van der Waals surface area (Å²) in [6.45, 7) is 0.453. The maximum atomic E-state index is 13.2. The van der Waals surface area contributed by atoms with Crippen molar-refractivity contribution in [1.29, 1.82) is 0 Å². The number of anilines is 1. The Bertz CT molecular complexity index is 996. The Kier molecular flexibility index (Phi) is 6.34. The quantitative estimate of drug-likeness (QED) is 0.657. The van der Waals surface area contributed by atoms with E-state index >= 15 is 0 Å². The monoisotopic (exact) mass is 397 g/mol. The number of pyridine rings is 1. The summed E-state index contributed by atoms with van der Waals surface area (Å²) in [4.78, 5) is 28.7. The zero-order valence-corrected chi connectivity index (χ0v) is 15.5. The van der Waals surface area contributed by atoms with Gasteiger partial charge in [-0.15, -0.1) is 0 Å². The first-order valence-corrected chi connectivity index (χ1v) is 8.96. The van der Waals surface area contributed by atoms with E-state index in [0.29, 0.717) is 18.7 Å². The lowest BCUT2D eigenvalue weighted by molar-refractivity contribution is 0.0949. The lowest BCUT2D eigenvalue weighted by Gasteiger charge is -2.08. The van der Waals surface area contributed by atoms with E-state index in [1.165, 1.54) is 24.3 Å². The van der Waals surface area contributed by atoms with Gasteiger partial charge in [-0.3, -0.25) is 9.59 Å². The van der Waals surface area contributed by atoms with Gasteiger partial charge in [0.2, 0.25) is 0 Å². The van der Waals surface area contributed by atoms with Crippen molar-refractivity contribution >= 4 is 29.1 Å². The third-order valence-corrected chi connectivity index (χ3v) is 4.22. The molecule has 0 fully saturated rings. The molecule has 0 spiro atoms. The van der Waals surface area contributed by atoms with Gasteiger partial charge in [0, 0.05) is 12.2 Å². The molecule has 28 heavy (non-hydrogen) atoms. The molecule has 0 bridgehead atoms. The van der Waals surface area contributed by atoms with Crippen molar-refractivity contribution in [3.05, 3.63) is 94.5 Å². The van der Waals surface area contributed by atoms with Gasteiger partial charge in [0.05, 0.1) is 5.02 Å². The average Bonchev–Trinajstić information content (AvgIpc) is 2.71. The van der Waals surface area contributed by atoms with E-state index in [9.17, 15) is 14.0 Å². The van der Waals surface area contributed by atoms with Gasteiger partial charge < -0.3 is 10.6 Å². The minimum absolute atomic E-state index is 0.0659. The number of nitrogens with zero attached hydrogens (tertiary/aromatic N) is 1. The number of amides is 2. The van der Waals surface area contributed by atoms with Crippen molar-refractivity contribution < 1.29 is 14.0 Å². The topological polar surface area (TPSA) is 71.1 Å². The molecule has 0 aliphatic rings. The second kappa shape index (κ2) is 9.10. The summed E-state index contributed by atoms with van der Waals surface area (Å²) in [5.74, 6) is -1.47. The van der Waals surface area contributed by atoms with Crippen LogP contribution in [0, 0.1) is 5.82 Å². The Morgan fingerprint density at radius 3 is 2.36 bits per heavy atom. The molecule has 2 amide bonds. The maximum absolute atomic E-state index is 13.2. The SMILES string of the molecule is O=C(NCCc1ccccc1)c1cccc(C(=O)Nc2ccc(F)c(Cl)c2)n1. The number of carbonyl (C=O) groups is 2. The molecule has 0 atom stereocenters. The van der Waals surface area contributed by atoms with Gasteiger partial charge >= 0.3 is 0 Å². The highest BCUT2D eigenvalue weighted by Crippen LogP contribution is 2.19. The minimum Gasteiger partial charge on any atom is -0.350 e. The lowest BCUT2D eigenvalue weighted by Crippen LogP contribution is -2.27. The summed E-state index contributed by atoms with van der Waals surface area (Å²) in [7, 11) is 0. The smallest absolute Gasteiger partial charge is 0.274 e. The molecule has 1 aromatic heterocycles. The molecule has 3 aromatic rings. The fourth-order valence-electron chi connectivity index (χ4n) is 2.51. The van der Waals surface area contributed by atoms with Crippen LogP contribution in [0.1, 0.15) is 26.5 Å². The highest BCUT2D eigenvalue weighted by molar-refractivity contribution is 6.31. The van der Waals surface area contributed by atoms with Crippen molar-refractivity contribution in [2.75, 3.05) is 11.9 Å². The number of benzene rings is 2. The van der Waals surface area contributed by atoms with E-state index in [4.69, 9.17) is 11.6 Å². The minimum atomic E-state index is -0.577. The predicted octanol–water partition coefficient (Wildman–Crippen LogP) is 4.10. The highest BCUT2D eigenvalue weighted by atomic mass is 35.5. The van der Waals surface area contributed by atoms with Crippen molar-refractivity contribution in [2.24, 2.45) is 0 Å². The third-order valence-electron chi connectivity index (χ3n) is 3.93. The van der Waals surface area contributed by atoms with Gasteiger partial charge in [-0.2, -0.15) is 0 Å². The molecule has 2 aromatic carbocycles. The van der Waals surface area contributed by atoms with Crippen LogP contribution < -0.4 is 10.6 Å². The van der Waals surface area contributed by atoms with Crippen molar-refractivity contribution in [2.45, 2.75) is 6.42 Å². The molecule has 1 heterocycles. The molecule has 0 aliphatic heterocycles. The lowest BCUT2D eigenvalue weighted by atomic mass is 10.1. The number of hydrogen-bond acceptors (Lipinski definition) is 3. The van der Waals surface area contributed by atoms with E-state index in [2.05, 4.69) is 15.6 Å². The summed E-state index contributed by atoms with van der Waals surface area (Å²) in [5.41, 5.74) is 1.65. The standard InChI is InChI=1S/C21H17ClFN3O2/c22-16-13-15(9-10-17(16)23)25-21(28)19-8-4-7-18(26-19)20(27)24-12-11-14-5-2-1-3-6-14/h1-10,13H,11-12H2,(H,24,27)(H,25,28). The molecule has 7 heteroatoms. The van der Waals surface area contributed by atoms with Crippen LogP contribution in [0.4, 0.5) is 10.1 Å². The summed E-state index contributed by atoms with van der Waals surface area (Å²) < 4.78 is 13.2. The summed E-state index contributed by atoms with van der Waals surface area (Å²) in [6.07, 6.45) is 0.693. The van der Waals surface area contributed by atoms with E-state index < -0.39 is 11.7 Å². The number of hydrogen-bond donors (Lipinski definition) is 2. The Balaban J connectivity index is 1.61. The van der Waals surface area contributed by atoms with E-state index in [1.807, 2.05) is 30.3 Å². The van der Waals surface area contributed by atoms with Crippen molar-refractivity contribution in [1.82, 2.24) is 10.3 Å². The predicted molar refractivity (Wildman–Crippen MR) is 106 cm³/mol. The van der Waals surface area contributed by atoms with Gasteiger partial charge in [0.1, 0.15) is 17.2 Å². The van der Waals surface area contributed by atoms with Gasteiger partial charge in [-0.05, 0) is 42.3 Å². The first kappa shape index (κ1) is 19.5. The zero-order valence-electron chi connectivity index (χ0n) is 14.8. The van der Waals surface area contributed by atoms with Gasteiger partial charge in [0.25, 0.3) is 11.8 Å². The molecule has 0 unspecified atom stereocenters. The van der Waals surface area contributed by atoms with Crippen LogP contribution in [-0.4, -0.2) is 23.3 Å². The van der Waals surface area contributed by atoms with Crippen LogP contribution in [0.5, 0.6) is 0 Å². The fraction of sp³-hybridized carbons (Fsp3) is 0.0952. The van der Waals surface area contributed by atoms with E-state index in [-0.39, 0.29) is 22.3 Å². The molecule has 5 nitrogen and oxygen atoms in total. The number of carbonyl (C=O) groups excluding carboxylic acids is 2. The van der Waals surface area contributed by atoms with Crippen molar-refractivity contribution in [3.63, 3.8) is 0 Å². The molecule has 142 valence electrons. The summed E-state index contributed by atoms with van der Waals surface area (Å²) in [6, 6.07) is 18.2. The Morgan fingerprint density at radius 2 is 1.64 bits per heavy atom. The Morgan fingerprint density at radius 1 is 0.929 bits per heavy atom. The van der Waals surface area contributed by atoms with Crippen LogP contribution in [0.2, 0.25) is 5.02 Å². The van der Waals surface area contributed by atoms with Crippen LogP contribution in [0.3, 0.4) is 0 Å². The number of rotatable bonds is 6. The molecule has 0 aliphatic carbocycles. The fourth-order valence-corrected chi connectivity index (χ4v) is 2.69. The molecule has 0 saturated heterocycles. The second-order valence-electron chi connectivity index (χ2n) is 5.98. The number of halogens is 2. The number of aromatic nitrogens is 1. The molecule has 0 saturated carbocycles. The zero-order chi connectivity index (χ0) is 19.9. The van der Waals surface area contributed by atoms with Gasteiger partial charge in [0.15, 0.2) is 0 Å². The molecular formula is C21H17ClFN3O2. The van der Waals surface area contributed by atoms with Crippen molar-refractivity contribution in [3.8, 4) is 0 Å². The average molecular weight is 398 g/mol. The maximum Gasteiger partial charge on any atom is 0.274 e. The van der Waals surface area contributed by atoms with Gasteiger partial charge in [-0.25, -0.2) is 9.37 Å². The normalized spacial score (nSPS) is 10.4. The van der Waals surface area contributed by atoms with Crippen LogP contribution in [0.25, 0.3) is 0 Å². The summed E-state index contributed by atoms with van der Waals surface area (Å²) in [5, 5.41) is 5.26. The Labute approximate surface area is 166 Å². The number of nitrogens with one attached hydrogen (secondary N) is 2. The van der Waals surface area contributed by atoms with Crippen LogP contribution in [0.15, 0.2) is 66.7 Å². The first-order valence-electron chi connectivity index (χ1n) is 8.58. The molecule has 0 radical (unpaired) electrons. The van der Waals surface area contributed by atoms with Crippen LogP contribution in [-0.2, 0) is 6.42 Å². The van der Waals surface area contributed by atoms with E-state index in [0.717, 1.165) is 11.6 Å². The van der Waals surface area contributed by atoms with E-state index in [1.54, 1.807) is 6.07 Å². The highest BCUT2D eigenvalue weighted by Gasteiger charge is 2.13. The molecular weight excluding hydrogens is 381 g/mol. The second-order valence-corrected chi connectivity index (χ2v) is 6.39. The molecule has 2 N–H and O–H groups in total. The molecule has 3 rings (SSSR count). The van der Waals surface area contributed by atoms with Gasteiger partial charge in [-0.1, -0.05) is 48.0 Å². The van der Waals surface area contributed by atoms with Crippen LogP contribution >= 0.6 is 11.6 Å².